The molecule has 1 unspecified atom stereocenters. The van der Waals surface area contributed by atoms with Crippen LogP contribution >= 0.6 is 0 Å². The molecule has 0 saturated heterocycles. The second-order valence-electron chi connectivity index (χ2n) is 9.51. The predicted octanol–water partition coefficient (Wildman–Crippen LogP) is 5.40. The van der Waals surface area contributed by atoms with Gasteiger partial charge in [0.15, 0.2) is 0 Å². The number of rotatable bonds is 7. The van der Waals surface area contributed by atoms with Crippen LogP contribution in [0.2, 0.25) is 0 Å². The Morgan fingerprint density at radius 1 is 1.16 bits per heavy atom. The van der Waals surface area contributed by atoms with E-state index < -0.39 is 0 Å². The Balaban J connectivity index is 1.63. The number of nitrogens with zero attached hydrogens (tertiary/aromatic N) is 4. The van der Waals surface area contributed by atoms with Crippen molar-refractivity contribution in [2.75, 3.05) is 19.0 Å². The van der Waals surface area contributed by atoms with Crippen LogP contribution in [0.4, 0.5) is 11.6 Å². The van der Waals surface area contributed by atoms with E-state index in [2.05, 4.69) is 56.2 Å². The van der Waals surface area contributed by atoms with Crippen LogP contribution in [0, 0.1) is 11.8 Å². The molecule has 0 spiro atoms. The first-order valence-corrected chi connectivity index (χ1v) is 11.8. The van der Waals surface area contributed by atoms with E-state index in [0.717, 1.165) is 66.0 Å². The Hall–Kier alpha value is -2.60. The van der Waals surface area contributed by atoms with E-state index in [0.29, 0.717) is 24.4 Å². The molecule has 32 heavy (non-hydrogen) atoms. The number of fused-ring (bicyclic) bond motifs is 2. The average molecular weight is 434 g/mol. The molecule has 0 radical (unpaired) electrons. The molecule has 2 atom stereocenters. The zero-order chi connectivity index (χ0) is 22.7. The molecule has 6 nitrogen and oxygen atoms in total. The maximum absolute atomic E-state index is 5.22. The van der Waals surface area contributed by atoms with Crippen molar-refractivity contribution in [3.8, 4) is 0 Å². The van der Waals surface area contributed by atoms with Crippen LogP contribution in [0.25, 0.3) is 5.57 Å². The summed E-state index contributed by atoms with van der Waals surface area (Å²) in [4.78, 5) is 19.4. The van der Waals surface area contributed by atoms with Crippen LogP contribution in [-0.2, 0) is 17.6 Å². The molecule has 0 aromatic carbocycles. The molecule has 4 rings (SSSR count). The Kier molecular flexibility index (Phi) is 6.99. The van der Waals surface area contributed by atoms with E-state index in [1.807, 2.05) is 6.20 Å². The van der Waals surface area contributed by atoms with Crippen molar-refractivity contribution in [2.45, 2.75) is 65.8 Å². The van der Waals surface area contributed by atoms with E-state index in [4.69, 9.17) is 19.7 Å². The van der Waals surface area contributed by atoms with Crippen molar-refractivity contribution in [2.24, 2.45) is 16.8 Å². The first kappa shape index (κ1) is 22.6. The number of anilines is 1. The summed E-state index contributed by atoms with van der Waals surface area (Å²) in [5.41, 5.74) is 7.68. The van der Waals surface area contributed by atoms with Gasteiger partial charge in [-0.25, -0.2) is 9.97 Å². The van der Waals surface area contributed by atoms with E-state index in [9.17, 15) is 0 Å². The van der Waals surface area contributed by atoms with Crippen LogP contribution in [0.15, 0.2) is 29.4 Å². The quantitative estimate of drug-likeness (QED) is 0.633. The van der Waals surface area contributed by atoms with E-state index in [1.165, 1.54) is 5.71 Å². The number of pyridine rings is 1. The molecular weight excluding hydrogens is 398 g/mol. The molecule has 3 heterocycles. The molecule has 6 heteroatoms. The van der Waals surface area contributed by atoms with Gasteiger partial charge in [0, 0.05) is 42.1 Å². The van der Waals surface area contributed by atoms with Crippen LogP contribution < -0.4 is 5.32 Å². The van der Waals surface area contributed by atoms with Gasteiger partial charge in [0.2, 0.25) is 5.95 Å². The van der Waals surface area contributed by atoms with E-state index in [1.54, 1.807) is 7.11 Å². The Labute approximate surface area is 191 Å². The molecule has 0 amide bonds. The molecule has 1 aliphatic heterocycles. The Morgan fingerprint density at radius 2 is 2.00 bits per heavy atom. The third-order valence-corrected chi connectivity index (χ3v) is 6.23. The third kappa shape index (κ3) is 5.07. The van der Waals surface area contributed by atoms with E-state index in [-0.39, 0.29) is 6.04 Å². The lowest BCUT2D eigenvalue weighted by Gasteiger charge is -2.24. The average Bonchev–Trinajstić information content (AvgIpc) is 2.96. The lowest BCUT2D eigenvalue weighted by Crippen LogP contribution is -2.22. The van der Waals surface area contributed by atoms with Gasteiger partial charge in [-0.1, -0.05) is 19.9 Å². The predicted molar refractivity (Wildman–Crippen MR) is 131 cm³/mol. The Bertz CT molecular complexity index is 1030. The molecule has 2 aromatic heterocycles. The number of nitrogens with one attached hydrogen (secondary N) is 1. The number of allylic oxidation sites excluding steroid dienone is 1. The van der Waals surface area contributed by atoms with Gasteiger partial charge in [-0.3, -0.25) is 9.98 Å². The summed E-state index contributed by atoms with van der Waals surface area (Å²) in [6.07, 6.45) is 9.40. The lowest BCUT2D eigenvalue weighted by molar-refractivity contribution is 0.190. The topological polar surface area (TPSA) is 72.3 Å². The fraction of sp³-hybridized carbons (Fsp3) is 0.538. The first-order chi connectivity index (χ1) is 15.4. The minimum absolute atomic E-state index is 0.156. The monoisotopic (exact) mass is 433 g/mol. The van der Waals surface area contributed by atoms with Crippen molar-refractivity contribution in [1.29, 1.82) is 0 Å². The highest BCUT2D eigenvalue weighted by Crippen LogP contribution is 2.34. The molecule has 0 fully saturated rings. The highest BCUT2D eigenvalue weighted by Gasteiger charge is 2.24. The fourth-order valence-electron chi connectivity index (χ4n) is 4.66. The number of aromatic nitrogens is 3. The maximum Gasteiger partial charge on any atom is 0.223 e. The summed E-state index contributed by atoms with van der Waals surface area (Å²) in [5, 5.41) is 3.34. The number of methoxy groups -OCH3 is 1. The number of hydrogen-bond donors (Lipinski definition) is 1. The van der Waals surface area contributed by atoms with Crippen molar-refractivity contribution >= 4 is 22.9 Å². The molecule has 2 aliphatic rings. The van der Waals surface area contributed by atoms with Crippen molar-refractivity contribution in [3.63, 3.8) is 0 Å². The number of aliphatic imine (C=N–C) groups is 1. The normalized spacial score (nSPS) is 18.9. The zero-order valence-electron chi connectivity index (χ0n) is 20.0. The molecule has 0 bridgehead atoms. The maximum atomic E-state index is 5.22. The van der Waals surface area contributed by atoms with Gasteiger partial charge in [0.05, 0.1) is 29.4 Å². The second kappa shape index (κ2) is 9.90. The molecular formula is C26H35N5O. The smallest absolute Gasteiger partial charge is 0.223 e. The van der Waals surface area contributed by atoms with Crippen LogP contribution in [0.5, 0.6) is 0 Å². The van der Waals surface area contributed by atoms with Crippen LogP contribution in [0.1, 0.15) is 69.6 Å². The Morgan fingerprint density at radius 3 is 2.78 bits per heavy atom. The SMILES string of the molecule is COC[C@H](C)Nc1ncc2c(n1)CCCC=C2c1ccc2c(n1)CC(CC(C)C)C(C)=N2. The van der Waals surface area contributed by atoms with Crippen molar-refractivity contribution in [3.05, 3.63) is 47.1 Å². The highest BCUT2D eigenvalue weighted by molar-refractivity contribution is 5.89. The van der Waals surface area contributed by atoms with Gasteiger partial charge in [-0.15, -0.1) is 0 Å². The fourth-order valence-corrected chi connectivity index (χ4v) is 4.66. The largest absolute Gasteiger partial charge is 0.383 e. The van der Waals surface area contributed by atoms with Gasteiger partial charge >= 0.3 is 0 Å². The van der Waals surface area contributed by atoms with Gasteiger partial charge in [0.1, 0.15) is 0 Å². The second-order valence-corrected chi connectivity index (χ2v) is 9.51. The van der Waals surface area contributed by atoms with Crippen LogP contribution in [0.3, 0.4) is 0 Å². The van der Waals surface area contributed by atoms with Gasteiger partial charge in [-0.05, 0) is 64.0 Å². The summed E-state index contributed by atoms with van der Waals surface area (Å²) >= 11 is 0. The molecule has 170 valence electrons. The van der Waals surface area contributed by atoms with E-state index >= 15 is 0 Å². The third-order valence-electron chi connectivity index (χ3n) is 6.23. The summed E-state index contributed by atoms with van der Waals surface area (Å²) in [7, 11) is 1.70. The standard InChI is InChI=1S/C26H35N5O/c1-16(2)12-19-13-25-24(29-18(19)4)11-10-23(30-25)20-8-6-7-9-22-21(20)14-27-26(31-22)28-17(3)15-32-5/h8,10-11,14,16-17,19H,6-7,9,12-13,15H2,1-5H3,(H,27,28,31)/t17-,19?/m0/s1. The number of hydrogen-bond acceptors (Lipinski definition) is 6. The molecule has 0 saturated carbocycles. The van der Waals surface area contributed by atoms with Crippen molar-refractivity contribution in [1.82, 2.24) is 15.0 Å². The summed E-state index contributed by atoms with van der Waals surface area (Å²) in [5.74, 6) is 1.79. The molecule has 2 aromatic rings. The van der Waals surface area contributed by atoms with Gasteiger partial charge in [0.25, 0.3) is 0 Å². The summed E-state index contributed by atoms with van der Waals surface area (Å²) < 4.78 is 5.22. The minimum atomic E-state index is 0.156. The summed E-state index contributed by atoms with van der Waals surface area (Å²) in [6, 6.07) is 4.39. The van der Waals surface area contributed by atoms with Gasteiger partial charge in [-0.2, -0.15) is 0 Å². The minimum Gasteiger partial charge on any atom is -0.383 e. The number of aryl methyl sites for hydroxylation is 1. The van der Waals surface area contributed by atoms with Gasteiger partial charge < -0.3 is 10.1 Å². The molecule has 1 N–H and O–H groups in total. The number of ether oxygens (including phenoxy) is 1. The summed E-state index contributed by atoms with van der Waals surface area (Å²) in [6.45, 7) is 9.39. The van der Waals surface area contributed by atoms with Crippen LogP contribution in [-0.4, -0.2) is 40.4 Å². The first-order valence-electron chi connectivity index (χ1n) is 11.8. The zero-order valence-corrected chi connectivity index (χ0v) is 20.0. The molecule has 1 aliphatic carbocycles. The van der Waals surface area contributed by atoms with Crippen molar-refractivity contribution < 1.29 is 4.74 Å². The lowest BCUT2D eigenvalue weighted by atomic mass is 9.87. The highest BCUT2D eigenvalue weighted by atomic mass is 16.5.